The molecule has 0 radical (unpaired) electrons. The highest BCUT2D eigenvalue weighted by atomic mass is 19.4. The summed E-state index contributed by atoms with van der Waals surface area (Å²) in [7, 11) is 0. The van der Waals surface area contributed by atoms with Crippen LogP contribution in [-0.2, 0) is 4.79 Å². The van der Waals surface area contributed by atoms with Gasteiger partial charge in [0.25, 0.3) is 0 Å². The lowest BCUT2D eigenvalue weighted by Gasteiger charge is -2.41. The second kappa shape index (κ2) is 5.51. The van der Waals surface area contributed by atoms with Gasteiger partial charge in [0, 0.05) is 17.3 Å². The maximum atomic E-state index is 13.0. The largest absolute Gasteiger partial charge is 0.471 e. The van der Waals surface area contributed by atoms with Crippen molar-refractivity contribution in [3.63, 3.8) is 0 Å². The van der Waals surface area contributed by atoms with E-state index in [0.29, 0.717) is 6.42 Å². The SMILES string of the molecule is O=C(N[C@]12CCC[C@H]1c1ccccc1N2c1ccccc1)C(F)(F)F. The summed E-state index contributed by atoms with van der Waals surface area (Å²) in [5, 5.41) is 2.35. The summed E-state index contributed by atoms with van der Waals surface area (Å²) in [4.78, 5) is 13.7. The van der Waals surface area contributed by atoms with E-state index in [2.05, 4.69) is 5.32 Å². The molecule has 2 aromatic rings. The molecular formula is C19H17F3N2O. The summed E-state index contributed by atoms with van der Waals surface area (Å²) in [5.74, 6) is -2.04. The van der Waals surface area contributed by atoms with Crippen LogP contribution in [-0.4, -0.2) is 17.7 Å². The fourth-order valence-corrected chi connectivity index (χ4v) is 4.29. The lowest BCUT2D eigenvalue weighted by molar-refractivity contribution is -0.175. The van der Waals surface area contributed by atoms with Gasteiger partial charge in [-0.3, -0.25) is 4.79 Å². The zero-order valence-corrected chi connectivity index (χ0v) is 13.4. The zero-order chi connectivity index (χ0) is 17.7. The molecule has 1 heterocycles. The van der Waals surface area contributed by atoms with Crippen LogP contribution in [0.15, 0.2) is 54.6 Å². The minimum Gasteiger partial charge on any atom is -0.325 e. The van der Waals surface area contributed by atoms with Gasteiger partial charge < -0.3 is 10.2 Å². The Morgan fingerprint density at radius 2 is 1.76 bits per heavy atom. The number of carbonyl (C=O) groups excluding carboxylic acids is 1. The van der Waals surface area contributed by atoms with Gasteiger partial charge in [-0.15, -0.1) is 0 Å². The van der Waals surface area contributed by atoms with Crippen molar-refractivity contribution < 1.29 is 18.0 Å². The number of amides is 1. The molecule has 2 aromatic carbocycles. The van der Waals surface area contributed by atoms with E-state index in [9.17, 15) is 18.0 Å². The normalized spacial score (nSPS) is 24.8. The Balaban J connectivity index is 1.86. The first kappa shape index (κ1) is 16.0. The number of anilines is 2. The number of halogens is 3. The van der Waals surface area contributed by atoms with Crippen LogP contribution in [0.1, 0.15) is 30.7 Å². The van der Waals surface area contributed by atoms with Crippen molar-refractivity contribution in [2.75, 3.05) is 4.90 Å². The van der Waals surface area contributed by atoms with Crippen LogP contribution in [0.25, 0.3) is 0 Å². The number of nitrogens with one attached hydrogen (secondary N) is 1. The molecule has 1 amide bonds. The molecule has 1 fully saturated rings. The molecule has 0 saturated heterocycles. The van der Waals surface area contributed by atoms with Crippen molar-refractivity contribution in [1.82, 2.24) is 5.32 Å². The fourth-order valence-electron chi connectivity index (χ4n) is 4.29. The second-order valence-corrected chi connectivity index (χ2v) is 6.55. The molecule has 25 heavy (non-hydrogen) atoms. The topological polar surface area (TPSA) is 32.3 Å². The summed E-state index contributed by atoms with van der Waals surface area (Å²) in [6, 6.07) is 16.9. The number of hydrogen-bond donors (Lipinski definition) is 1. The molecule has 0 spiro atoms. The Hall–Kier alpha value is -2.50. The van der Waals surface area contributed by atoms with Gasteiger partial charge in [-0.05, 0) is 43.0 Å². The number of carbonyl (C=O) groups is 1. The standard InChI is InChI=1S/C19H17F3N2O/c20-19(21,22)17(25)23-18-12-6-10-15(18)14-9-4-5-11-16(14)24(18)13-7-2-1-3-8-13/h1-5,7-9,11,15H,6,10,12H2,(H,23,25)/t15-,18-/m0/s1. The molecule has 3 nitrogen and oxygen atoms in total. The Kier molecular flexibility index (Phi) is 3.52. The Morgan fingerprint density at radius 1 is 1.08 bits per heavy atom. The lowest BCUT2D eigenvalue weighted by atomic mass is 9.92. The minimum atomic E-state index is -4.90. The van der Waals surface area contributed by atoms with Gasteiger partial charge in [-0.2, -0.15) is 13.2 Å². The number of alkyl halides is 3. The predicted octanol–water partition coefficient (Wildman–Crippen LogP) is 4.48. The molecule has 1 aliphatic carbocycles. The third kappa shape index (κ3) is 2.39. The maximum absolute atomic E-state index is 13.0. The van der Waals surface area contributed by atoms with Crippen LogP contribution in [0.4, 0.5) is 24.5 Å². The molecule has 130 valence electrons. The minimum absolute atomic E-state index is 0.157. The number of hydrogen-bond acceptors (Lipinski definition) is 2. The van der Waals surface area contributed by atoms with E-state index < -0.39 is 17.7 Å². The van der Waals surface area contributed by atoms with E-state index in [0.717, 1.165) is 29.8 Å². The van der Waals surface area contributed by atoms with Crippen LogP contribution in [0.3, 0.4) is 0 Å². The zero-order valence-electron chi connectivity index (χ0n) is 13.4. The third-order valence-corrected chi connectivity index (χ3v) is 5.18. The van der Waals surface area contributed by atoms with Crippen LogP contribution in [0.2, 0.25) is 0 Å². The average Bonchev–Trinajstić information content (AvgIpc) is 3.09. The molecule has 2 atom stereocenters. The lowest BCUT2D eigenvalue weighted by Crippen LogP contribution is -2.60. The highest BCUT2D eigenvalue weighted by Gasteiger charge is 2.57. The molecule has 6 heteroatoms. The van der Waals surface area contributed by atoms with Gasteiger partial charge in [0.1, 0.15) is 5.66 Å². The molecule has 0 aromatic heterocycles. The predicted molar refractivity (Wildman–Crippen MR) is 88.5 cm³/mol. The number of fused-ring (bicyclic) bond motifs is 3. The van der Waals surface area contributed by atoms with Gasteiger partial charge in [0.15, 0.2) is 0 Å². The smallest absolute Gasteiger partial charge is 0.325 e. The number of nitrogens with zero attached hydrogens (tertiary/aromatic N) is 1. The van der Waals surface area contributed by atoms with Crippen LogP contribution in [0.5, 0.6) is 0 Å². The van der Waals surface area contributed by atoms with Crippen molar-refractivity contribution in [2.45, 2.75) is 37.0 Å². The van der Waals surface area contributed by atoms with E-state index in [1.54, 1.807) is 0 Å². The van der Waals surface area contributed by atoms with Gasteiger partial charge in [-0.25, -0.2) is 0 Å². The summed E-state index contributed by atoms with van der Waals surface area (Å²) in [6.07, 6.45) is -2.92. The molecule has 1 aliphatic heterocycles. The fraction of sp³-hybridized carbons (Fsp3) is 0.316. The van der Waals surface area contributed by atoms with Gasteiger partial charge in [0.2, 0.25) is 0 Å². The number of benzene rings is 2. The highest BCUT2D eigenvalue weighted by molar-refractivity contribution is 5.85. The van der Waals surface area contributed by atoms with Crippen LogP contribution >= 0.6 is 0 Å². The van der Waals surface area contributed by atoms with Gasteiger partial charge in [0.05, 0.1) is 0 Å². The van der Waals surface area contributed by atoms with E-state index in [4.69, 9.17) is 0 Å². The summed E-state index contributed by atoms with van der Waals surface area (Å²) < 4.78 is 39.0. The Morgan fingerprint density at radius 3 is 2.48 bits per heavy atom. The molecule has 2 aliphatic rings. The average molecular weight is 346 g/mol. The van der Waals surface area contributed by atoms with Gasteiger partial charge in [-0.1, -0.05) is 36.4 Å². The van der Waals surface area contributed by atoms with Crippen molar-refractivity contribution in [2.24, 2.45) is 0 Å². The quantitative estimate of drug-likeness (QED) is 0.869. The van der Waals surface area contributed by atoms with E-state index in [1.807, 2.05) is 59.5 Å². The summed E-state index contributed by atoms with van der Waals surface area (Å²) in [5.41, 5.74) is 1.56. The number of rotatable bonds is 2. The monoisotopic (exact) mass is 346 g/mol. The van der Waals surface area contributed by atoms with Crippen molar-refractivity contribution in [3.8, 4) is 0 Å². The van der Waals surface area contributed by atoms with E-state index >= 15 is 0 Å². The van der Waals surface area contributed by atoms with Crippen LogP contribution in [0, 0.1) is 0 Å². The summed E-state index contributed by atoms with van der Waals surface area (Å²) >= 11 is 0. The van der Waals surface area contributed by atoms with E-state index in [1.165, 1.54) is 0 Å². The first-order valence-corrected chi connectivity index (χ1v) is 8.27. The van der Waals surface area contributed by atoms with Gasteiger partial charge >= 0.3 is 12.1 Å². The first-order valence-electron chi connectivity index (χ1n) is 8.27. The maximum Gasteiger partial charge on any atom is 0.471 e. The Labute approximate surface area is 143 Å². The molecular weight excluding hydrogens is 329 g/mol. The third-order valence-electron chi connectivity index (χ3n) is 5.18. The van der Waals surface area contributed by atoms with Crippen molar-refractivity contribution in [3.05, 3.63) is 60.2 Å². The Bertz CT molecular complexity index is 806. The van der Waals surface area contributed by atoms with Crippen molar-refractivity contribution >= 4 is 17.3 Å². The molecule has 1 N–H and O–H groups in total. The molecule has 0 unspecified atom stereocenters. The molecule has 0 bridgehead atoms. The van der Waals surface area contributed by atoms with Crippen LogP contribution < -0.4 is 10.2 Å². The summed E-state index contributed by atoms with van der Waals surface area (Å²) in [6.45, 7) is 0. The van der Waals surface area contributed by atoms with E-state index in [-0.39, 0.29) is 5.92 Å². The van der Waals surface area contributed by atoms with Crippen molar-refractivity contribution in [1.29, 1.82) is 0 Å². The highest BCUT2D eigenvalue weighted by Crippen LogP contribution is 2.57. The first-order chi connectivity index (χ1) is 11.9. The molecule has 1 saturated carbocycles. The number of para-hydroxylation sites is 2. The second-order valence-electron chi connectivity index (χ2n) is 6.55. The molecule has 4 rings (SSSR count).